The summed E-state index contributed by atoms with van der Waals surface area (Å²) in [6, 6.07) is 1.63. The van der Waals surface area contributed by atoms with Crippen LogP contribution >= 0.6 is 11.6 Å². The zero-order valence-electron chi connectivity index (χ0n) is 13.0. The second-order valence-corrected chi connectivity index (χ2v) is 6.03. The summed E-state index contributed by atoms with van der Waals surface area (Å²) in [6.07, 6.45) is 4.18. The van der Waals surface area contributed by atoms with Crippen LogP contribution in [0.2, 0.25) is 5.15 Å². The number of nitrogens with zero attached hydrogens (tertiary/aromatic N) is 2. The van der Waals surface area contributed by atoms with Gasteiger partial charge in [-0.2, -0.15) is 0 Å². The summed E-state index contributed by atoms with van der Waals surface area (Å²) in [5, 5.41) is 11.2. The molecular weight excluding hydrogens is 304 g/mol. The van der Waals surface area contributed by atoms with Crippen molar-refractivity contribution >= 4 is 23.3 Å². The number of hydrogen-bond donors (Lipinski definition) is 2. The summed E-state index contributed by atoms with van der Waals surface area (Å²) in [4.78, 5) is 11.5. The third-order valence-corrected chi connectivity index (χ3v) is 4.44. The standard InChI is InChI=1S/C15H23ClN4O2/c1-3-9(4-2)12-7-10(5-6-22-12)18-15-11(14(17)21)8-13(16)19-20-15/h8-10,12H,3-7H2,1-2H3,(H2,17,21)(H,18,20). The summed E-state index contributed by atoms with van der Waals surface area (Å²) in [5.74, 6) is 0.381. The summed E-state index contributed by atoms with van der Waals surface area (Å²) >= 11 is 5.78. The Bertz CT molecular complexity index is 522. The maximum atomic E-state index is 11.5. The van der Waals surface area contributed by atoms with E-state index < -0.39 is 5.91 Å². The van der Waals surface area contributed by atoms with Gasteiger partial charge in [0.2, 0.25) is 0 Å². The molecule has 22 heavy (non-hydrogen) atoms. The molecule has 0 bridgehead atoms. The fourth-order valence-corrected chi connectivity index (χ4v) is 3.10. The largest absolute Gasteiger partial charge is 0.378 e. The van der Waals surface area contributed by atoms with Crippen molar-refractivity contribution in [2.75, 3.05) is 11.9 Å². The summed E-state index contributed by atoms with van der Waals surface area (Å²) in [7, 11) is 0. The minimum Gasteiger partial charge on any atom is -0.378 e. The van der Waals surface area contributed by atoms with Crippen LogP contribution in [0.25, 0.3) is 0 Å². The normalized spacial score (nSPS) is 21.8. The van der Waals surface area contributed by atoms with Gasteiger partial charge in [-0.05, 0) is 24.8 Å². The van der Waals surface area contributed by atoms with E-state index >= 15 is 0 Å². The molecule has 2 unspecified atom stereocenters. The van der Waals surface area contributed by atoms with E-state index in [2.05, 4.69) is 29.4 Å². The molecular formula is C15H23ClN4O2. The van der Waals surface area contributed by atoms with Gasteiger partial charge in [0.1, 0.15) is 0 Å². The summed E-state index contributed by atoms with van der Waals surface area (Å²) in [6.45, 7) is 5.07. The van der Waals surface area contributed by atoms with Gasteiger partial charge in [-0.15, -0.1) is 10.2 Å². The van der Waals surface area contributed by atoms with Crippen LogP contribution in [0.1, 0.15) is 49.9 Å². The molecule has 3 N–H and O–H groups in total. The highest BCUT2D eigenvalue weighted by atomic mass is 35.5. The lowest BCUT2D eigenvalue weighted by Crippen LogP contribution is -2.38. The molecule has 0 radical (unpaired) electrons. The molecule has 0 saturated carbocycles. The Kier molecular flexibility index (Phi) is 5.97. The van der Waals surface area contributed by atoms with Crippen LogP contribution < -0.4 is 11.1 Å². The zero-order chi connectivity index (χ0) is 16.1. The molecule has 1 saturated heterocycles. The third kappa shape index (κ3) is 4.08. The van der Waals surface area contributed by atoms with E-state index in [0.29, 0.717) is 18.3 Å². The molecule has 0 aliphatic carbocycles. The maximum Gasteiger partial charge on any atom is 0.252 e. The first-order valence-corrected chi connectivity index (χ1v) is 8.14. The minimum absolute atomic E-state index is 0.154. The van der Waals surface area contributed by atoms with Crippen molar-refractivity contribution in [2.24, 2.45) is 11.7 Å². The molecule has 0 aromatic carbocycles. The molecule has 2 rings (SSSR count). The first-order valence-electron chi connectivity index (χ1n) is 7.76. The number of anilines is 1. The maximum absolute atomic E-state index is 11.5. The van der Waals surface area contributed by atoms with Gasteiger partial charge in [0.25, 0.3) is 5.91 Å². The Hall–Kier alpha value is -1.40. The fraction of sp³-hybridized carbons (Fsp3) is 0.667. The predicted molar refractivity (Wildman–Crippen MR) is 86.0 cm³/mol. The van der Waals surface area contributed by atoms with E-state index in [-0.39, 0.29) is 22.9 Å². The average molecular weight is 327 g/mol. The Morgan fingerprint density at radius 3 is 2.86 bits per heavy atom. The van der Waals surface area contributed by atoms with E-state index in [4.69, 9.17) is 22.1 Å². The van der Waals surface area contributed by atoms with Crippen LogP contribution in [0.4, 0.5) is 5.82 Å². The molecule has 1 aromatic rings. The summed E-state index contributed by atoms with van der Waals surface area (Å²) in [5.41, 5.74) is 5.65. The van der Waals surface area contributed by atoms with E-state index in [0.717, 1.165) is 25.7 Å². The average Bonchev–Trinajstić information content (AvgIpc) is 2.50. The lowest BCUT2D eigenvalue weighted by molar-refractivity contribution is -0.0271. The lowest BCUT2D eigenvalue weighted by Gasteiger charge is -2.34. The number of carbonyl (C=O) groups excluding carboxylic acids is 1. The molecule has 7 heteroatoms. The Morgan fingerprint density at radius 1 is 1.50 bits per heavy atom. The van der Waals surface area contributed by atoms with Gasteiger partial charge in [0, 0.05) is 12.6 Å². The molecule has 122 valence electrons. The minimum atomic E-state index is -0.567. The van der Waals surface area contributed by atoms with Crippen LogP contribution in [0.15, 0.2) is 6.07 Å². The Morgan fingerprint density at radius 2 is 2.23 bits per heavy atom. The van der Waals surface area contributed by atoms with Crippen molar-refractivity contribution in [3.8, 4) is 0 Å². The predicted octanol–water partition coefficient (Wildman–Crippen LogP) is 2.62. The fourth-order valence-electron chi connectivity index (χ4n) is 2.96. The van der Waals surface area contributed by atoms with Crippen molar-refractivity contribution in [1.82, 2.24) is 10.2 Å². The Balaban J connectivity index is 2.09. The topological polar surface area (TPSA) is 90.1 Å². The van der Waals surface area contributed by atoms with Crippen LogP contribution in [-0.2, 0) is 4.74 Å². The summed E-state index contributed by atoms with van der Waals surface area (Å²) < 4.78 is 5.90. The van der Waals surface area contributed by atoms with Crippen molar-refractivity contribution in [3.05, 3.63) is 16.8 Å². The van der Waals surface area contributed by atoms with E-state index in [1.54, 1.807) is 0 Å². The lowest BCUT2D eigenvalue weighted by atomic mass is 9.89. The highest BCUT2D eigenvalue weighted by molar-refractivity contribution is 6.29. The third-order valence-electron chi connectivity index (χ3n) is 4.26. The highest BCUT2D eigenvalue weighted by Gasteiger charge is 2.28. The number of halogens is 1. The van der Waals surface area contributed by atoms with Crippen molar-refractivity contribution in [1.29, 1.82) is 0 Å². The van der Waals surface area contributed by atoms with Gasteiger partial charge >= 0.3 is 0 Å². The molecule has 1 fully saturated rings. The number of amides is 1. The highest BCUT2D eigenvalue weighted by Crippen LogP contribution is 2.27. The molecule has 1 amide bonds. The zero-order valence-corrected chi connectivity index (χ0v) is 13.8. The van der Waals surface area contributed by atoms with Gasteiger partial charge in [-0.1, -0.05) is 38.3 Å². The molecule has 1 aromatic heterocycles. The SMILES string of the molecule is CCC(CC)C1CC(Nc2nnc(Cl)cc2C(N)=O)CCO1. The van der Waals surface area contributed by atoms with Gasteiger partial charge in [0.15, 0.2) is 11.0 Å². The molecule has 2 heterocycles. The number of carbonyl (C=O) groups is 1. The Labute approximate surface area is 135 Å². The molecule has 1 aliphatic heterocycles. The molecule has 0 spiro atoms. The van der Waals surface area contributed by atoms with Crippen LogP contribution in [0.3, 0.4) is 0 Å². The van der Waals surface area contributed by atoms with E-state index in [1.165, 1.54) is 6.07 Å². The monoisotopic (exact) mass is 326 g/mol. The van der Waals surface area contributed by atoms with Crippen molar-refractivity contribution in [3.63, 3.8) is 0 Å². The van der Waals surface area contributed by atoms with E-state index in [9.17, 15) is 4.79 Å². The molecule has 6 nitrogen and oxygen atoms in total. The second-order valence-electron chi connectivity index (χ2n) is 5.65. The second kappa shape index (κ2) is 7.74. The first-order chi connectivity index (χ1) is 10.5. The molecule has 1 aliphatic rings. The smallest absolute Gasteiger partial charge is 0.252 e. The number of primary amides is 1. The van der Waals surface area contributed by atoms with Gasteiger partial charge in [-0.3, -0.25) is 4.79 Å². The van der Waals surface area contributed by atoms with Crippen LogP contribution in [0, 0.1) is 5.92 Å². The number of nitrogens with one attached hydrogen (secondary N) is 1. The number of nitrogens with two attached hydrogens (primary N) is 1. The van der Waals surface area contributed by atoms with Gasteiger partial charge in [-0.25, -0.2) is 0 Å². The first kappa shape index (κ1) is 17.0. The van der Waals surface area contributed by atoms with Gasteiger partial charge in [0.05, 0.1) is 11.7 Å². The van der Waals surface area contributed by atoms with Crippen LogP contribution in [-0.4, -0.2) is 34.9 Å². The number of rotatable bonds is 6. The number of aromatic nitrogens is 2. The number of hydrogen-bond acceptors (Lipinski definition) is 5. The molecule has 2 atom stereocenters. The van der Waals surface area contributed by atoms with Crippen molar-refractivity contribution in [2.45, 2.75) is 51.7 Å². The van der Waals surface area contributed by atoms with E-state index in [1.807, 2.05) is 0 Å². The quantitative estimate of drug-likeness (QED) is 0.838. The van der Waals surface area contributed by atoms with Crippen molar-refractivity contribution < 1.29 is 9.53 Å². The van der Waals surface area contributed by atoms with Crippen LogP contribution in [0.5, 0.6) is 0 Å². The van der Waals surface area contributed by atoms with Gasteiger partial charge < -0.3 is 15.8 Å². The number of ether oxygens (including phenoxy) is 1.